The van der Waals surface area contributed by atoms with Crippen molar-refractivity contribution in [1.29, 1.82) is 0 Å². The van der Waals surface area contributed by atoms with Crippen LogP contribution in [0.3, 0.4) is 0 Å². The molecule has 1 amide bonds. The molecule has 1 heterocycles. The monoisotopic (exact) mass is 300 g/mol. The molecule has 0 spiro atoms. The Labute approximate surface area is 130 Å². The number of carbonyl (C=O) groups is 1. The zero-order valence-electron chi connectivity index (χ0n) is 13.5. The third kappa shape index (κ3) is 2.74. The molecule has 116 valence electrons. The van der Waals surface area contributed by atoms with E-state index in [2.05, 4.69) is 5.32 Å². The Balaban J connectivity index is 2.46. The van der Waals surface area contributed by atoms with Crippen LogP contribution < -0.4 is 14.8 Å². The maximum absolute atomic E-state index is 12.6. The number of pyridine rings is 1. The van der Waals surface area contributed by atoms with Gasteiger partial charge in [0.05, 0.1) is 7.11 Å². The number of carbonyl (C=O) groups excluding carboxylic acids is 1. The van der Waals surface area contributed by atoms with Gasteiger partial charge in [0.1, 0.15) is 11.3 Å². The first-order valence-electron chi connectivity index (χ1n) is 7.02. The molecule has 0 saturated heterocycles. The van der Waals surface area contributed by atoms with Gasteiger partial charge in [-0.25, -0.2) is 0 Å². The molecule has 0 aliphatic heterocycles. The number of rotatable bonds is 3. The second kappa shape index (κ2) is 6.05. The maximum atomic E-state index is 12.6. The second-order valence-corrected chi connectivity index (χ2v) is 5.31. The van der Waals surface area contributed by atoms with Gasteiger partial charge in [0.25, 0.3) is 5.91 Å². The number of methoxy groups -OCH3 is 1. The molecule has 0 bridgehead atoms. The number of nitrogens with zero attached hydrogens (tertiary/aromatic N) is 1. The summed E-state index contributed by atoms with van der Waals surface area (Å²) in [6.07, 6.45) is 0. The van der Waals surface area contributed by atoms with Crippen molar-refractivity contribution >= 4 is 11.6 Å². The minimum Gasteiger partial charge on any atom is -0.618 e. The highest BCUT2D eigenvalue weighted by molar-refractivity contribution is 6.07. The van der Waals surface area contributed by atoms with Crippen molar-refractivity contribution < 1.29 is 14.3 Å². The molecule has 2 rings (SSSR count). The molecule has 0 radical (unpaired) electrons. The number of nitrogens with one attached hydrogen (secondary N) is 1. The first-order valence-corrected chi connectivity index (χ1v) is 7.02. The molecule has 0 aliphatic carbocycles. The molecule has 2 aromatic rings. The predicted octanol–water partition coefficient (Wildman–Crippen LogP) is 2.81. The Morgan fingerprint density at radius 2 is 1.91 bits per heavy atom. The van der Waals surface area contributed by atoms with Gasteiger partial charge in [-0.15, -0.1) is 0 Å². The molecule has 1 aromatic carbocycles. The van der Waals surface area contributed by atoms with Crippen LogP contribution in [0.4, 0.5) is 5.69 Å². The quantitative estimate of drug-likeness (QED) is 0.700. The molecule has 5 nitrogen and oxygen atoms in total. The van der Waals surface area contributed by atoms with Crippen molar-refractivity contribution in [3.8, 4) is 5.75 Å². The predicted molar refractivity (Wildman–Crippen MR) is 85.3 cm³/mol. The minimum atomic E-state index is -0.354. The van der Waals surface area contributed by atoms with Crippen molar-refractivity contribution in [2.24, 2.45) is 0 Å². The third-order valence-corrected chi connectivity index (χ3v) is 3.87. The van der Waals surface area contributed by atoms with Crippen molar-refractivity contribution in [3.63, 3.8) is 0 Å². The number of hydrogen-bond donors (Lipinski definition) is 1. The van der Waals surface area contributed by atoms with E-state index in [1.165, 1.54) is 7.11 Å². The molecule has 1 aromatic heterocycles. The van der Waals surface area contributed by atoms with Crippen LogP contribution in [0, 0.1) is 32.9 Å². The maximum Gasteiger partial charge on any atom is 0.265 e. The van der Waals surface area contributed by atoms with Gasteiger partial charge < -0.3 is 15.3 Å². The summed E-state index contributed by atoms with van der Waals surface area (Å²) in [5.74, 6) is 0.0394. The molecular formula is C17H20N2O3. The lowest BCUT2D eigenvalue weighted by atomic mass is 10.1. The fraction of sp³-hybridized carbons (Fsp3) is 0.294. The summed E-state index contributed by atoms with van der Waals surface area (Å²) in [5, 5.41) is 14.9. The van der Waals surface area contributed by atoms with E-state index in [4.69, 9.17) is 4.74 Å². The number of anilines is 1. The summed E-state index contributed by atoms with van der Waals surface area (Å²) >= 11 is 0. The fourth-order valence-corrected chi connectivity index (χ4v) is 2.37. The Bertz CT molecular complexity index is 739. The van der Waals surface area contributed by atoms with Gasteiger partial charge in [0.2, 0.25) is 5.69 Å². The van der Waals surface area contributed by atoms with Crippen molar-refractivity contribution in [1.82, 2.24) is 0 Å². The molecule has 22 heavy (non-hydrogen) atoms. The smallest absolute Gasteiger partial charge is 0.265 e. The molecule has 5 heteroatoms. The minimum absolute atomic E-state index is 0.254. The van der Waals surface area contributed by atoms with Crippen LogP contribution in [-0.2, 0) is 0 Å². The van der Waals surface area contributed by atoms with Gasteiger partial charge in [-0.3, -0.25) is 4.79 Å². The summed E-state index contributed by atoms with van der Waals surface area (Å²) in [5.41, 5.74) is 3.87. The largest absolute Gasteiger partial charge is 0.618 e. The summed E-state index contributed by atoms with van der Waals surface area (Å²) in [7, 11) is 1.48. The molecular weight excluding hydrogens is 280 g/mol. The number of benzene rings is 1. The van der Waals surface area contributed by atoms with Crippen LogP contribution in [0.1, 0.15) is 32.9 Å². The van der Waals surface area contributed by atoms with E-state index in [1.54, 1.807) is 19.9 Å². The van der Waals surface area contributed by atoms with Crippen LogP contribution in [-0.4, -0.2) is 13.0 Å². The van der Waals surface area contributed by atoms with Crippen LogP contribution >= 0.6 is 0 Å². The lowest BCUT2D eigenvalue weighted by Gasteiger charge is -2.15. The molecule has 0 fully saturated rings. The van der Waals surface area contributed by atoms with Gasteiger partial charge in [-0.1, -0.05) is 12.1 Å². The standard InChI is InChI=1S/C17H20N2O3/c1-10-7-6-8-14(12(10)3)18-17(20)16-13(4)19(21)11(2)9-15(16)22-5/h6-9H,1-5H3,(H,18,20). The van der Waals surface area contributed by atoms with Gasteiger partial charge in [-0.2, -0.15) is 4.73 Å². The molecule has 1 N–H and O–H groups in total. The number of aryl methyl sites for hydroxylation is 2. The van der Waals surface area contributed by atoms with Gasteiger partial charge in [-0.05, 0) is 31.0 Å². The van der Waals surface area contributed by atoms with Gasteiger partial charge >= 0.3 is 0 Å². The van der Waals surface area contributed by atoms with Gasteiger partial charge in [0, 0.05) is 25.6 Å². The molecule has 0 aliphatic rings. The third-order valence-electron chi connectivity index (χ3n) is 3.87. The van der Waals surface area contributed by atoms with Gasteiger partial charge in [0.15, 0.2) is 5.69 Å². The number of aromatic nitrogens is 1. The van der Waals surface area contributed by atoms with Crippen molar-refractivity contribution in [2.45, 2.75) is 27.7 Å². The van der Waals surface area contributed by atoms with E-state index in [9.17, 15) is 10.0 Å². The lowest BCUT2D eigenvalue weighted by molar-refractivity contribution is -0.619. The summed E-state index contributed by atoms with van der Waals surface area (Å²) in [6, 6.07) is 7.26. The van der Waals surface area contributed by atoms with E-state index >= 15 is 0 Å². The van der Waals surface area contributed by atoms with Crippen LogP contribution in [0.15, 0.2) is 24.3 Å². The first-order chi connectivity index (χ1) is 10.4. The topological polar surface area (TPSA) is 65.3 Å². The number of amides is 1. The Hall–Kier alpha value is -2.56. The van der Waals surface area contributed by atoms with Crippen LogP contribution in [0.2, 0.25) is 0 Å². The average Bonchev–Trinajstić information content (AvgIpc) is 2.48. The molecule has 0 unspecified atom stereocenters. The van der Waals surface area contributed by atoms with E-state index in [0.717, 1.165) is 21.5 Å². The average molecular weight is 300 g/mol. The highest BCUT2D eigenvalue weighted by Gasteiger charge is 2.24. The number of hydrogen-bond acceptors (Lipinski definition) is 3. The molecule has 0 saturated carbocycles. The summed E-state index contributed by atoms with van der Waals surface area (Å²) < 4.78 is 6.00. The Morgan fingerprint density at radius 1 is 1.23 bits per heavy atom. The second-order valence-electron chi connectivity index (χ2n) is 5.31. The molecule has 0 atom stereocenters. The van der Waals surface area contributed by atoms with Crippen molar-refractivity contribution in [2.75, 3.05) is 12.4 Å². The van der Waals surface area contributed by atoms with E-state index in [-0.39, 0.29) is 11.5 Å². The van der Waals surface area contributed by atoms with Crippen molar-refractivity contribution in [3.05, 3.63) is 57.6 Å². The highest BCUT2D eigenvalue weighted by Crippen LogP contribution is 2.24. The SMILES string of the molecule is COc1cc(C)[n+]([O-])c(C)c1C(=O)Nc1cccc(C)c1C. The van der Waals surface area contributed by atoms with E-state index in [0.29, 0.717) is 17.1 Å². The van der Waals surface area contributed by atoms with E-state index < -0.39 is 0 Å². The summed E-state index contributed by atoms with van der Waals surface area (Å²) in [4.78, 5) is 12.6. The first kappa shape index (κ1) is 15.8. The Kier molecular flexibility index (Phi) is 4.35. The fourth-order valence-electron chi connectivity index (χ4n) is 2.37. The number of ether oxygens (including phenoxy) is 1. The van der Waals surface area contributed by atoms with Crippen LogP contribution in [0.5, 0.6) is 5.75 Å². The Morgan fingerprint density at radius 3 is 2.55 bits per heavy atom. The highest BCUT2D eigenvalue weighted by atomic mass is 16.5. The zero-order valence-corrected chi connectivity index (χ0v) is 13.5. The summed E-state index contributed by atoms with van der Waals surface area (Å²) in [6.45, 7) is 7.21. The zero-order chi connectivity index (χ0) is 16.4. The van der Waals surface area contributed by atoms with E-state index in [1.807, 2.05) is 32.0 Å². The normalized spacial score (nSPS) is 10.4. The van der Waals surface area contributed by atoms with Crippen LogP contribution in [0.25, 0.3) is 0 Å². The lowest BCUT2D eigenvalue weighted by Crippen LogP contribution is -2.36.